The van der Waals surface area contributed by atoms with Gasteiger partial charge in [-0.15, -0.1) is 0 Å². The van der Waals surface area contributed by atoms with Crippen molar-refractivity contribution >= 4 is 16.7 Å². The van der Waals surface area contributed by atoms with E-state index in [0.717, 1.165) is 28.8 Å². The molecule has 4 rings (SSSR count). The first kappa shape index (κ1) is 17.0. The van der Waals surface area contributed by atoms with Crippen molar-refractivity contribution in [2.45, 2.75) is 19.4 Å². The molecule has 2 heterocycles. The highest BCUT2D eigenvalue weighted by Crippen LogP contribution is 2.36. The number of pyridine rings is 2. The van der Waals surface area contributed by atoms with Crippen LogP contribution in [0.4, 0.5) is 5.82 Å². The van der Waals surface area contributed by atoms with Gasteiger partial charge in [0.15, 0.2) is 0 Å². The number of hydrogen-bond donors (Lipinski definition) is 2. The SMILES string of the molecule is CCc1ccc([C@@H](Nc2ccccn2)c2ccc3cccnc3c2O)cc1. The van der Waals surface area contributed by atoms with Crippen LogP contribution in [0.5, 0.6) is 5.75 Å². The van der Waals surface area contributed by atoms with Crippen molar-refractivity contribution in [2.75, 3.05) is 5.32 Å². The summed E-state index contributed by atoms with van der Waals surface area (Å²) in [6.45, 7) is 2.14. The smallest absolute Gasteiger partial charge is 0.147 e. The predicted molar refractivity (Wildman–Crippen MR) is 109 cm³/mol. The van der Waals surface area contributed by atoms with Gasteiger partial charge in [0.1, 0.15) is 17.1 Å². The average Bonchev–Trinajstić information content (AvgIpc) is 2.74. The zero-order chi connectivity index (χ0) is 18.6. The number of hydrogen-bond acceptors (Lipinski definition) is 4. The Kier molecular flexibility index (Phi) is 4.71. The summed E-state index contributed by atoms with van der Waals surface area (Å²) in [6, 6.07) is 21.7. The minimum absolute atomic E-state index is 0.195. The van der Waals surface area contributed by atoms with Crippen molar-refractivity contribution in [3.8, 4) is 5.75 Å². The highest BCUT2D eigenvalue weighted by molar-refractivity contribution is 5.86. The molecule has 2 aromatic carbocycles. The first-order valence-electron chi connectivity index (χ1n) is 9.09. The van der Waals surface area contributed by atoms with Crippen LogP contribution in [0.1, 0.15) is 29.7 Å². The van der Waals surface area contributed by atoms with Gasteiger partial charge in [0.05, 0.1) is 6.04 Å². The van der Waals surface area contributed by atoms with Crippen LogP contribution in [0.2, 0.25) is 0 Å². The topological polar surface area (TPSA) is 58.0 Å². The van der Waals surface area contributed by atoms with Crippen LogP contribution in [0.25, 0.3) is 10.9 Å². The van der Waals surface area contributed by atoms with E-state index in [1.54, 1.807) is 12.4 Å². The molecule has 0 saturated heterocycles. The van der Waals surface area contributed by atoms with E-state index in [1.165, 1.54) is 5.56 Å². The Balaban J connectivity index is 1.83. The van der Waals surface area contributed by atoms with Crippen LogP contribution in [0.3, 0.4) is 0 Å². The van der Waals surface area contributed by atoms with Gasteiger partial charge in [-0.1, -0.05) is 55.5 Å². The summed E-state index contributed by atoms with van der Waals surface area (Å²) < 4.78 is 0. The third kappa shape index (κ3) is 3.47. The molecule has 0 amide bonds. The molecule has 27 heavy (non-hydrogen) atoms. The summed E-state index contributed by atoms with van der Waals surface area (Å²) in [7, 11) is 0. The number of nitrogens with zero attached hydrogens (tertiary/aromatic N) is 2. The summed E-state index contributed by atoms with van der Waals surface area (Å²) in [5, 5.41) is 15.3. The van der Waals surface area contributed by atoms with Gasteiger partial charge >= 0.3 is 0 Å². The van der Waals surface area contributed by atoms with E-state index in [9.17, 15) is 5.11 Å². The first-order chi connectivity index (χ1) is 13.3. The quantitative estimate of drug-likeness (QED) is 0.523. The van der Waals surface area contributed by atoms with Crippen molar-refractivity contribution < 1.29 is 5.11 Å². The molecule has 0 unspecified atom stereocenters. The van der Waals surface area contributed by atoms with Gasteiger partial charge < -0.3 is 10.4 Å². The fraction of sp³-hybridized carbons (Fsp3) is 0.130. The average molecular weight is 355 g/mol. The van der Waals surface area contributed by atoms with Crippen molar-refractivity contribution in [2.24, 2.45) is 0 Å². The predicted octanol–water partition coefficient (Wildman–Crippen LogP) is 5.10. The van der Waals surface area contributed by atoms with Crippen LogP contribution in [0, 0.1) is 0 Å². The maximum atomic E-state index is 10.9. The Hall–Kier alpha value is -3.40. The maximum Gasteiger partial charge on any atom is 0.147 e. The number of rotatable bonds is 5. The Labute approximate surface area is 158 Å². The minimum Gasteiger partial charge on any atom is -0.505 e. The van der Waals surface area contributed by atoms with Crippen molar-refractivity contribution in [1.82, 2.24) is 9.97 Å². The third-order valence-electron chi connectivity index (χ3n) is 4.77. The standard InChI is InChI=1S/C23H21N3O/c1-2-16-8-10-18(11-9-16)21(26-20-7-3-4-14-24-20)19-13-12-17-6-5-15-25-22(17)23(19)27/h3-15,21,27H,2H2,1H3,(H,24,26)/t21-/m1/s1. The Bertz CT molecular complexity index is 1050. The van der Waals surface area contributed by atoms with E-state index >= 15 is 0 Å². The molecule has 4 heteroatoms. The van der Waals surface area contributed by atoms with E-state index < -0.39 is 0 Å². The fourth-order valence-electron chi connectivity index (χ4n) is 3.26. The zero-order valence-electron chi connectivity index (χ0n) is 15.1. The largest absolute Gasteiger partial charge is 0.505 e. The van der Waals surface area contributed by atoms with Gasteiger partial charge in [-0.3, -0.25) is 4.98 Å². The number of fused-ring (bicyclic) bond motifs is 1. The molecule has 0 aliphatic heterocycles. The van der Waals surface area contributed by atoms with Crippen LogP contribution in [-0.2, 0) is 6.42 Å². The van der Waals surface area contributed by atoms with E-state index in [-0.39, 0.29) is 11.8 Å². The summed E-state index contributed by atoms with van der Waals surface area (Å²) >= 11 is 0. The second-order valence-corrected chi connectivity index (χ2v) is 6.47. The number of aryl methyl sites for hydroxylation is 1. The Morgan fingerprint density at radius 1 is 0.889 bits per heavy atom. The lowest BCUT2D eigenvalue weighted by molar-refractivity contribution is 0.471. The zero-order valence-corrected chi connectivity index (χ0v) is 15.1. The van der Waals surface area contributed by atoms with Gasteiger partial charge in [-0.2, -0.15) is 0 Å². The maximum absolute atomic E-state index is 10.9. The molecule has 0 spiro atoms. The number of benzene rings is 2. The van der Waals surface area contributed by atoms with Gasteiger partial charge in [0.2, 0.25) is 0 Å². The molecule has 0 aliphatic rings. The van der Waals surface area contributed by atoms with Crippen molar-refractivity contribution in [3.05, 3.63) is 95.8 Å². The first-order valence-corrected chi connectivity index (χ1v) is 9.09. The lowest BCUT2D eigenvalue weighted by Gasteiger charge is -2.22. The van der Waals surface area contributed by atoms with Gasteiger partial charge in [0, 0.05) is 23.3 Å². The van der Waals surface area contributed by atoms with Crippen LogP contribution < -0.4 is 5.32 Å². The van der Waals surface area contributed by atoms with Crippen molar-refractivity contribution in [1.29, 1.82) is 0 Å². The van der Waals surface area contributed by atoms with Gasteiger partial charge in [-0.25, -0.2) is 4.98 Å². The van der Waals surface area contributed by atoms with Gasteiger partial charge in [-0.05, 0) is 35.7 Å². The van der Waals surface area contributed by atoms with E-state index in [0.29, 0.717) is 5.52 Å². The molecule has 4 aromatic rings. The molecular weight excluding hydrogens is 334 g/mol. The number of phenols is 1. The second kappa shape index (κ2) is 7.46. The Morgan fingerprint density at radius 2 is 1.70 bits per heavy atom. The van der Waals surface area contributed by atoms with E-state index in [1.807, 2.05) is 42.5 Å². The Morgan fingerprint density at radius 3 is 2.44 bits per heavy atom. The third-order valence-corrected chi connectivity index (χ3v) is 4.77. The highest BCUT2D eigenvalue weighted by Gasteiger charge is 2.20. The molecular formula is C23H21N3O. The van der Waals surface area contributed by atoms with Crippen LogP contribution in [-0.4, -0.2) is 15.1 Å². The van der Waals surface area contributed by atoms with Crippen molar-refractivity contribution in [3.63, 3.8) is 0 Å². The number of aromatic hydroxyl groups is 1. The summed E-state index contributed by atoms with van der Waals surface area (Å²) in [5.41, 5.74) is 3.72. The fourth-order valence-corrected chi connectivity index (χ4v) is 3.26. The molecule has 0 fully saturated rings. The highest BCUT2D eigenvalue weighted by atomic mass is 16.3. The van der Waals surface area contributed by atoms with Crippen LogP contribution in [0.15, 0.2) is 79.1 Å². The molecule has 2 aromatic heterocycles. The van der Waals surface area contributed by atoms with E-state index in [2.05, 4.69) is 46.5 Å². The molecule has 2 N–H and O–H groups in total. The number of aromatic nitrogens is 2. The molecule has 1 atom stereocenters. The number of nitrogens with one attached hydrogen (secondary N) is 1. The van der Waals surface area contributed by atoms with E-state index in [4.69, 9.17) is 0 Å². The normalized spacial score (nSPS) is 12.0. The lowest BCUT2D eigenvalue weighted by atomic mass is 9.95. The summed E-state index contributed by atoms with van der Waals surface area (Å²) in [6.07, 6.45) is 4.44. The molecule has 4 nitrogen and oxygen atoms in total. The summed E-state index contributed by atoms with van der Waals surface area (Å²) in [5.74, 6) is 0.948. The number of phenolic OH excluding ortho intramolecular Hbond substituents is 1. The van der Waals surface area contributed by atoms with Crippen LogP contribution >= 0.6 is 0 Å². The summed E-state index contributed by atoms with van der Waals surface area (Å²) in [4.78, 5) is 8.75. The number of anilines is 1. The second-order valence-electron chi connectivity index (χ2n) is 6.47. The molecule has 0 radical (unpaired) electrons. The molecule has 0 aliphatic carbocycles. The monoisotopic (exact) mass is 355 g/mol. The molecule has 0 saturated carbocycles. The molecule has 134 valence electrons. The minimum atomic E-state index is -0.239. The lowest BCUT2D eigenvalue weighted by Crippen LogP contribution is -2.13. The molecule has 0 bridgehead atoms. The van der Waals surface area contributed by atoms with Gasteiger partial charge in [0.25, 0.3) is 0 Å².